The van der Waals surface area contributed by atoms with Crippen LogP contribution < -0.4 is 10.1 Å². The van der Waals surface area contributed by atoms with Gasteiger partial charge >= 0.3 is 12.2 Å². The number of amides is 2. The molecule has 0 unspecified atom stereocenters. The molecule has 5 heteroatoms. The highest BCUT2D eigenvalue weighted by atomic mass is 16.6. The molecule has 2 aromatic rings. The molecule has 0 atom stereocenters. The number of nitrogens with one attached hydrogen (secondary N) is 1. The Balaban J connectivity index is 2.30. The van der Waals surface area contributed by atoms with Crippen molar-refractivity contribution in [1.82, 2.24) is 5.32 Å². The molecule has 0 aliphatic heterocycles. The van der Waals surface area contributed by atoms with Crippen LogP contribution in [0, 0.1) is 0 Å². The van der Waals surface area contributed by atoms with Gasteiger partial charge in [0, 0.05) is 5.39 Å². The topological polar surface area (TPSA) is 75.6 Å². The lowest BCUT2D eigenvalue weighted by atomic mass is 10.1. The number of carbonyl (C=O) groups is 2. The molecule has 86 valence electrons. The smallest absolute Gasteiger partial charge is 0.422 e. The maximum Gasteiger partial charge on any atom is 0.422 e. The van der Waals surface area contributed by atoms with E-state index < -0.39 is 12.2 Å². The normalized spacial score (nSPS) is 9.88. The van der Waals surface area contributed by atoms with E-state index in [4.69, 9.17) is 9.84 Å². The summed E-state index contributed by atoms with van der Waals surface area (Å²) in [6, 6.07) is 12.5. The van der Waals surface area contributed by atoms with Crippen LogP contribution in [0.1, 0.15) is 0 Å². The predicted molar refractivity (Wildman–Crippen MR) is 61.1 cm³/mol. The molecule has 0 radical (unpaired) electrons. The van der Waals surface area contributed by atoms with E-state index in [2.05, 4.69) is 0 Å². The maximum atomic E-state index is 11.2. The molecule has 17 heavy (non-hydrogen) atoms. The van der Waals surface area contributed by atoms with Gasteiger partial charge in [0.05, 0.1) is 0 Å². The minimum absolute atomic E-state index is 0.321. The first-order valence-electron chi connectivity index (χ1n) is 4.86. The van der Waals surface area contributed by atoms with Crippen LogP contribution in [0.25, 0.3) is 10.8 Å². The number of ether oxygens (including phenoxy) is 1. The monoisotopic (exact) mass is 231 g/mol. The van der Waals surface area contributed by atoms with Crippen LogP contribution in [0.5, 0.6) is 5.75 Å². The molecule has 2 N–H and O–H groups in total. The lowest BCUT2D eigenvalue weighted by Crippen LogP contribution is -2.31. The minimum atomic E-state index is -1.45. The zero-order chi connectivity index (χ0) is 12.3. The van der Waals surface area contributed by atoms with Crippen LogP contribution in [-0.4, -0.2) is 17.3 Å². The minimum Gasteiger partial charge on any atom is -0.465 e. The molecule has 0 fully saturated rings. The number of carboxylic acid groups (broad SMARTS) is 1. The predicted octanol–water partition coefficient (Wildman–Crippen LogP) is 2.61. The fourth-order valence-corrected chi connectivity index (χ4v) is 1.50. The third kappa shape index (κ3) is 2.52. The van der Waals surface area contributed by atoms with E-state index in [1.54, 1.807) is 23.5 Å². The van der Waals surface area contributed by atoms with Crippen LogP contribution >= 0.6 is 0 Å². The summed E-state index contributed by atoms with van der Waals surface area (Å²) in [4.78, 5) is 21.4. The molecule has 0 heterocycles. The summed E-state index contributed by atoms with van der Waals surface area (Å²) in [6.45, 7) is 0. The Morgan fingerprint density at radius 3 is 2.53 bits per heavy atom. The third-order valence-corrected chi connectivity index (χ3v) is 2.16. The fourth-order valence-electron chi connectivity index (χ4n) is 1.50. The van der Waals surface area contributed by atoms with Crippen LogP contribution in [0.15, 0.2) is 42.5 Å². The van der Waals surface area contributed by atoms with Gasteiger partial charge in [0.2, 0.25) is 0 Å². The molecule has 2 rings (SSSR count). The average Bonchev–Trinajstić information content (AvgIpc) is 2.28. The first-order chi connectivity index (χ1) is 8.16. The Bertz CT molecular complexity index is 574. The number of benzene rings is 2. The summed E-state index contributed by atoms with van der Waals surface area (Å²) in [5.74, 6) is 0.321. The van der Waals surface area contributed by atoms with E-state index >= 15 is 0 Å². The highest BCUT2D eigenvalue weighted by Crippen LogP contribution is 2.24. The average molecular weight is 231 g/mol. The van der Waals surface area contributed by atoms with Crippen molar-refractivity contribution < 1.29 is 19.4 Å². The molecule has 0 saturated carbocycles. The van der Waals surface area contributed by atoms with Gasteiger partial charge in [-0.15, -0.1) is 0 Å². The molecule has 0 bridgehead atoms. The first-order valence-corrected chi connectivity index (χ1v) is 4.86. The zero-order valence-corrected chi connectivity index (χ0v) is 8.71. The summed E-state index contributed by atoms with van der Waals surface area (Å²) >= 11 is 0. The van der Waals surface area contributed by atoms with Gasteiger partial charge in [0.15, 0.2) is 0 Å². The quantitative estimate of drug-likeness (QED) is 0.790. The molecule has 0 aliphatic rings. The van der Waals surface area contributed by atoms with E-state index in [0.29, 0.717) is 5.75 Å². The lowest BCUT2D eigenvalue weighted by molar-refractivity contribution is 0.178. The first kappa shape index (κ1) is 10.9. The highest BCUT2D eigenvalue weighted by Gasteiger charge is 2.09. The van der Waals surface area contributed by atoms with Crippen molar-refractivity contribution in [3.05, 3.63) is 42.5 Å². The van der Waals surface area contributed by atoms with E-state index in [1.165, 1.54) is 0 Å². The van der Waals surface area contributed by atoms with Gasteiger partial charge in [0.1, 0.15) is 5.75 Å². The number of hydrogen-bond donors (Lipinski definition) is 2. The lowest BCUT2D eigenvalue weighted by Gasteiger charge is -2.06. The van der Waals surface area contributed by atoms with Crippen molar-refractivity contribution >= 4 is 23.0 Å². The SMILES string of the molecule is O=C(O)NC(=O)Oc1cccc2ccccc12. The van der Waals surface area contributed by atoms with Gasteiger partial charge in [-0.2, -0.15) is 0 Å². The molecule has 2 aromatic carbocycles. The summed E-state index contributed by atoms with van der Waals surface area (Å²) in [7, 11) is 0. The summed E-state index contributed by atoms with van der Waals surface area (Å²) in [5, 5.41) is 11.6. The van der Waals surface area contributed by atoms with Crippen molar-refractivity contribution in [2.24, 2.45) is 0 Å². The number of fused-ring (bicyclic) bond motifs is 1. The summed E-state index contributed by atoms with van der Waals surface area (Å²) in [5.41, 5.74) is 0. The number of rotatable bonds is 1. The molecule has 0 spiro atoms. The van der Waals surface area contributed by atoms with Gasteiger partial charge in [-0.1, -0.05) is 36.4 Å². The largest absolute Gasteiger partial charge is 0.465 e. The maximum absolute atomic E-state index is 11.2. The number of imide groups is 1. The highest BCUT2D eigenvalue weighted by molar-refractivity contribution is 5.92. The van der Waals surface area contributed by atoms with Crippen molar-refractivity contribution in [3.8, 4) is 5.75 Å². The van der Waals surface area contributed by atoms with Gasteiger partial charge in [-0.25, -0.2) is 14.9 Å². The Morgan fingerprint density at radius 2 is 1.76 bits per heavy atom. The van der Waals surface area contributed by atoms with Gasteiger partial charge in [-0.3, -0.25) is 0 Å². The Hall–Kier alpha value is -2.56. The van der Waals surface area contributed by atoms with E-state index in [-0.39, 0.29) is 0 Å². The zero-order valence-electron chi connectivity index (χ0n) is 8.71. The van der Waals surface area contributed by atoms with Gasteiger partial charge in [0.25, 0.3) is 0 Å². The second kappa shape index (κ2) is 4.52. The van der Waals surface area contributed by atoms with Crippen molar-refractivity contribution in [1.29, 1.82) is 0 Å². The van der Waals surface area contributed by atoms with Crippen LogP contribution in [0.2, 0.25) is 0 Å². The second-order valence-electron chi connectivity index (χ2n) is 3.30. The molecule has 2 amide bonds. The Morgan fingerprint density at radius 1 is 1.06 bits per heavy atom. The third-order valence-electron chi connectivity index (χ3n) is 2.16. The van der Waals surface area contributed by atoms with Gasteiger partial charge < -0.3 is 9.84 Å². The molecule has 0 aliphatic carbocycles. The van der Waals surface area contributed by atoms with Crippen molar-refractivity contribution in [2.45, 2.75) is 0 Å². The standard InChI is InChI=1S/C12H9NO4/c14-11(15)13-12(16)17-10-7-3-5-8-4-1-2-6-9(8)10/h1-7H,(H,13,16)(H,14,15). The summed E-state index contributed by atoms with van der Waals surface area (Å²) < 4.78 is 4.91. The number of hydrogen-bond acceptors (Lipinski definition) is 3. The van der Waals surface area contributed by atoms with E-state index in [1.807, 2.05) is 24.3 Å². The number of carbonyl (C=O) groups excluding carboxylic acids is 1. The van der Waals surface area contributed by atoms with Crippen molar-refractivity contribution in [2.75, 3.05) is 0 Å². The molecule has 5 nitrogen and oxygen atoms in total. The molecular formula is C12H9NO4. The van der Waals surface area contributed by atoms with E-state index in [9.17, 15) is 9.59 Å². The van der Waals surface area contributed by atoms with Crippen LogP contribution in [0.3, 0.4) is 0 Å². The molecular weight excluding hydrogens is 222 g/mol. The Labute approximate surface area is 96.6 Å². The molecule has 0 aromatic heterocycles. The van der Waals surface area contributed by atoms with Crippen molar-refractivity contribution in [3.63, 3.8) is 0 Å². The summed E-state index contributed by atoms with van der Waals surface area (Å²) in [6.07, 6.45) is -2.47. The van der Waals surface area contributed by atoms with E-state index in [0.717, 1.165) is 10.8 Å². The Kier molecular flexibility index (Phi) is 2.91. The second-order valence-corrected chi connectivity index (χ2v) is 3.30. The molecule has 0 saturated heterocycles. The fraction of sp³-hybridized carbons (Fsp3) is 0. The van der Waals surface area contributed by atoms with Crippen LogP contribution in [-0.2, 0) is 0 Å². The van der Waals surface area contributed by atoms with Gasteiger partial charge in [-0.05, 0) is 11.5 Å². The van der Waals surface area contributed by atoms with Crippen LogP contribution in [0.4, 0.5) is 9.59 Å².